The first-order valence-electron chi connectivity index (χ1n) is 4.78. The number of halogens is 2. The van der Waals surface area contributed by atoms with Crippen molar-refractivity contribution in [2.75, 3.05) is 13.7 Å². The molecule has 0 aliphatic carbocycles. The lowest BCUT2D eigenvalue weighted by Gasteiger charge is -2.10. The van der Waals surface area contributed by atoms with E-state index in [-0.39, 0.29) is 11.9 Å². The van der Waals surface area contributed by atoms with E-state index in [1.54, 1.807) is 0 Å². The Morgan fingerprint density at radius 2 is 2.12 bits per heavy atom. The van der Waals surface area contributed by atoms with Gasteiger partial charge >= 0.3 is 5.76 Å². The van der Waals surface area contributed by atoms with Crippen molar-refractivity contribution in [3.63, 3.8) is 0 Å². The van der Waals surface area contributed by atoms with Crippen LogP contribution in [0, 0.1) is 0 Å². The van der Waals surface area contributed by atoms with Gasteiger partial charge in [0, 0.05) is 0 Å². The lowest BCUT2D eigenvalue weighted by Crippen LogP contribution is -2.12. The second-order valence-electron chi connectivity index (χ2n) is 3.54. The summed E-state index contributed by atoms with van der Waals surface area (Å²) in [7, 11) is -3.41. The van der Waals surface area contributed by atoms with E-state index in [2.05, 4.69) is 0 Å². The molecule has 1 aliphatic heterocycles. The number of benzene rings is 1. The van der Waals surface area contributed by atoms with Gasteiger partial charge in [-0.15, -0.1) is 0 Å². The highest BCUT2D eigenvalue weighted by Crippen LogP contribution is 2.35. The van der Waals surface area contributed by atoms with Crippen LogP contribution in [0.15, 0.2) is 23.1 Å². The zero-order chi connectivity index (χ0) is 12.6. The molecule has 1 saturated heterocycles. The molecule has 1 aliphatic rings. The average Bonchev–Trinajstić information content (AvgIpc) is 3.11. The number of ether oxygens (including phenoxy) is 2. The van der Waals surface area contributed by atoms with Gasteiger partial charge in [-0.25, -0.2) is 8.42 Å². The molecule has 7 heteroatoms. The number of hydrogen-bond donors (Lipinski definition) is 0. The van der Waals surface area contributed by atoms with Gasteiger partial charge in [0.2, 0.25) is 9.84 Å². The zero-order valence-corrected chi connectivity index (χ0v) is 9.71. The molecule has 1 atom stereocenters. The average molecular weight is 264 g/mol. The van der Waals surface area contributed by atoms with Crippen LogP contribution in [0.2, 0.25) is 0 Å². The molecule has 1 fully saturated rings. The Labute approximate surface area is 97.1 Å². The topological polar surface area (TPSA) is 55.9 Å². The van der Waals surface area contributed by atoms with Crippen LogP contribution in [0.3, 0.4) is 0 Å². The first kappa shape index (κ1) is 12.3. The number of alkyl halides is 2. The summed E-state index contributed by atoms with van der Waals surface area (Å²) >= 11 is 0. The fourth-order valence-corrected chi connectivity index (χ4v) is 2.33. The van der Waals surface area contributed by atoms with E-state index in [4.69, 9.17) is 9.47 Å². The first-order valence-corrected chi connectivity index (χ1v) is 6.33. The molecule has 1 heterocycles. The van der Waals surface area contributed by atoms with Gasteiger partial charge in [0.05, 0.1) is 13.7 Å². The SMILES string of the molecule is COc1cc([C@@H]2CO2)ccc1S(=O)(=O)C(F)F. The molecule has 1 aromatic carbocycles. The van der Waals surface area contributed by atoms with E-state index in [0.717, 1.165) is 11.6 Å². The summed E-state index contributed by atoms with van der Waals surface area (Å²) in [6, 6.07) is 3.99. The third-order valence-electron chi connectivity index (χ3n) is 2.43. The highest BCUT2D eigenvalue weighted by atomic mass is 32.2. The highest BCUT2D eigenvalue weighted by molar-refractivity contribution is 7.91. The summed E-state index contributed by atoms with van der Waals surface area (Å²) in [6.07, 6.45) is -0.0906. The largest absolute Gasteiger partial charge is 0.495 e. The van der Waals surface area contributed by atoms with Crippen LogP contribution in [0.25, 0.3) is 0 Å². The van der Waals surface area contributed by atoms with Crippen LogP contribution < -0.4 is 4.74 Å². The molecular formula is C10H10F2O4S. The highest BCUT2D eigenvalue weighted by Gasteiger charge is 2.32. The summed E-state index contributed by atoms with van der Waals surface area (Å²) in [5, 5.41) is 0. The van der Waals surface area contributed by atoms with Crippen molar-refractivity contribution in [1.82, 2.24) is 0 Å². The van der Waals surface area contributed by atoms with Crippen LogP contribution in [0.5, 0.6) is 5.75 Å². The van der Waals surface area contributed by atoms with Crippen LogP contribution in [0.4, 0.5) is 8.78 Å². The Kier molecular flexibility index (Phi) is 3.05. The van der Waals surface area contributed by atoms with Crippen LogP contribution in [-0.2, 0) is 14.6 Å². The molecule has 2 rings (SSSR count). The molecule has 0 saturated carbocycles. The molecular weight excluding hydrogens is 254 g/mol. The quantitative estimate of drug-likeness (QED) is 0.778. The van der Waals surface area contributed by atoms with Crippen molar-refractivity contribution in [1.29, 1.82) is 0 Å². The van der Waals surface area contributed by atoms with Crippen molar-refractivity contribution in [3.8, 4) is 5.75 Å². The predicted molar refractivity (Wildman–Crippen MR) is 54.9 cm³/mol. The lowest BCUT2D eigenvalue weighted by molar-refractivity contribution is 0.234. The predicted octanol–water partition coefficient (Wildman–Crippen LogP) is 1.76. The molecule has 0 amide bonds. The minimum atomic E-state index is -4.64. The Bertz CT molecular complexity index is 523. The summed E-state index contributed by atoms with van der Waals surface area (Å²) in [5.74, 6) is -3.54. The molecule has 4 nitrogen and oxygen atoms in total. The number of methoxy groups -OCH3 is 1. The standard InChI is InChI=1S/C10H10F2O4S/c1-15-7-4-6(8-5-16-8)2-3-9(7)17(13,14)10(11)12/h2-4,8,10H,5H2,1H3/t8-/m0/s1. The molecule has 0 aromatic heterocycles. The Balaban J connectivity index is 2.47. The maximum atomic E-state index is 12.4. The van der Waals surface area contributed by atoms with E-state index in [9.17, 15) is 17.2 Å². The molecule has 17 heavy (non-hydrogen) atoms. The number of sulfone groups is 1. The number of epoxide rings is 1. The van der Waals surface area contributed by atoms with E-state index in [1.807, 2.05) is 0 Å². The Morgan fingerprint density at radius 1 is 1.47 bits per heavy atom. The Hall–Kier alpha value is -1.21. The van der Waals surface area contributed by atoms with Crippen LogP contribution in [0.1, 0.15) is 11.7 Å². The van der Waals surface area contributed by atoms with E-state index in [1.165, 1.54) is 19.2 Å². The van der Waals surface area contributed by atoms with Crippen molar-refractivity contribution >= 4 is 9.84 Å². The van der Waals surface area contributed by atoms with Gasteiger partial charge in [0.15, 0.2) is 0 Å². The molecule has 1 aromatic rings. The fourth-order valence-electron chi connectivity index (χ4n) is 1.46. The van der Waals surface area contributed by atoms with Gasteiger partial charge in [0.25, 0.3) is 0 Å². The summed E-state index contributed by atoms with van der Waals surface area (Å²) in [5.41, 5.74) is 0.718. The third-order valence-corrected chi connectivity index (χ3v) is 3.85. The van der Waals surface area contributed by atoms with Crippen LogP contribution >= 0.6 is 0 Å². The molecule has 0 radical (unpaired) electrons. The summed E-state index contributed by atoms with van der Waals surface area (Å²) in [6.45, 7) is 0.546. The molecule has 0 N–H and O–H groups in total. The number of rotatable bonds is 4. The van der Waals surface area contributed by atoms with Crippen molar-refractivity contribution in [2.24, 2.45) is 0 Å². The lowest BCUT2D eigenvalue weighted by atomic mass is 10.1. The van der Waals surface area contributed by atoms with Gasteiger partial charge in [-0.1, -0.05) is 6.07 Å². The summed E-state index contributed by atoms with van der Waals surface area (Å²) < 4.78 is 57.4. The molecule has 94 valence electrons. The van der Waals surface area contributed by atoms with E-state index in [0.29, 0.717) is 6.61 Å². The van der Waals surface area contributed by atoms with Gasteiger partial charge < -0.3 is 9.47 Å². The fraction of sp³-hybridized carbons (Fsp3) is 0.400. The number of hydrogen-bond acceptors (Lipinski definition) is 4. The van der Waals surface area contributed by atoms with Crippen molar-refractivity contribution < 1.29 is 26.7 Å². The monoisotopic (exact) mass is 264 g/mol. The molecule has 0 spiro atoms. The molecule has 0 unspecified atom stereocenters. The van der Waals surface area contributed by atoms with E-state index < -0.39 is 20.5 Å². The van der Waals surface area contributed by atoms with Crippen molar-refractivity contribution in [3.05, 3.63) is 23.8 Å². The minimum Gasteiger partial charge on any atom is -0.495 e. The van der Waals surface area contributed by atoms with Gasteiger partial charge in [-0.05, 0) is 17.7 Å². The third kappa shape index (κ3) is 2.25. The zero-order valence-electron chi connectivity index (χ0n) is 8.89. The minimum absolute atomic E-state index is 0.0849. The maximum absolute atomic E-state index is 12.4. The van der Waals surface area contributed by atoms with Gasteiger partial charge in [-0.2, -0.15) is 8.78 Å². The maximum Gasteiger partial charge on any atom is 0.341 e. The second-order valence-corrected chi connectivity index (χ2v) is 5.42. The Morgan fingerprint density at radius 3 is 2.59 bits per heavy atom. The van der Waals surface area contributed by atoms with Crippen LogP contribution in [-0.4, -0.2) is 27.9 Å². The first-order chi connectivity index (χ1) is 7.96. The summed E-state index contributed by atoms with van der Waals surface area (Å²) in [4.78, 5) is -0.501. The van der Waals surface area contributed by atoms with Gasteiger partial charge in [-0.3, -0.25) is 0 Å². The molecule has 0 bridgehead atoms. The van der Waals surface area contributed by atoms with E-state index >= 15 is 0 Å². The second kappa shape index (κ2) is 4.23. The normalized spacial score (nSPS) is 19.4. The van der Waals surface area contributed by atoms with Gasteiger partial charge in [0.1, 0.15) is 16.7 Å². The van der Waals surface area contributed by atoms with Crippen molar-refractivity contribution in [2.45, 2.75) is 16.8 Å². The smallest absolute Gasteiger partial charge is 0.341 e.